The Morgan fingerprint density at radius 3 is 2.58 bits per heavy atom. The second-order valence-electron chi connectivity index (χ2n) is 2.40. The van der Waals surface area contributed by atoms with Crippen molar-refractivity contribution in [1.29, 1.82) is 0 Å². The predicted octanol–water partition coefficient (Wildman–Crippen LogP) is 0.804. The molecule has 4 nitrogen and oxygen atoms in total. The first kappa shape index (κ1) is 9.12. The van der Waals surface area contributed by atoms with E-state index in [1.54, 1.807) is 14.0 Å². The average Bonchev–Trinajstić information content (AvgIpc) is 2.26. The number of carbonyl (C=O) groups is 1. The first-order chi connectivity index (χ1) is 5.57. The number of thiol groups is 1. The third-order valence-corrected chi connectivity index (χ3v) is 2.10. The first-order valence-electron chi connectivity index (χ1n) is 3.38. The van der Waals surface area contributed by atoms with Gasteiger partial charge in [0.05, 0.1) is 17.7 Å². The SMILES string of the molecule is COC(=O)c1c(S)c(C)nn1C. The number of ether oxygens (including phenoxy) is 1. The molecular formula is C7H10N2O2S. The van der Waals surface area contributed by atoms with E-state index in [2.05, 4.69) is 22.5 Å². The molecule has 0 saturated carbocycles. The summed E-state index contributed by atoms with van der Waals surface area (Å²) in [5, 5.41) is 4.02. The quantitative estimate of drug-likeness (QED) is 0.521. The molecule has 0 saturated heterocycles. The van der Waals surface area contributed by atoms with Gasteiger partial charge in [-0.3, -0.25) is 4.68 Å². The van der Waals surface area contributed by atoms with Crippen LogP contribution in [0.15, 0.2) is 4.90 Å². The highest BCUT2D eigenvalue weighted by molar-refractivity contribution is 7.80. The van der Waals surface area contributed by atoms with Crippen molar-refractivity contribution >= 4 is 18.6 Å². The van der Waals surface area contributed by atoms with E-state index in [4.69, 9.17) is 0 Å². The van der Waals surface area contributed by atoms with E-state index in [0.717, 1.165) is 5.69 Å². The van der Waals surface area contributed by atoms with E-state index in [1.165, 1.54) is 11.8 Å². The molecule has 0 amide bonds. The number of rotatable bonds is 1. The zero-order chi connectivity index (χ0) is 9.30. The van der Waals surface area contributed by atoms with Gasteiger partial charge in [-0.25, -0.2) is 4.79 Å². The highest BCUT2D eigenvalue weighted by atomic mass is 32.1. The third kappa shape index (κ3) is 1.32. The minimum absolute atomic E-state index is 0.387. The highest BCUT2D eigenvalue weighted by Crippen LogP contribution is 2.17. The van der Waals surface area contributed by atoms with Gasteiger partial charge in [-0.2, -0.15) is 5.10 Å². The van der Waals surface area contributed by atoms with E-state index in [0.29, 0.717) is 10.6 Å². The summed E-state index contributed by atoms with van der Waals surface area (Å²) in [5.41, 5.74) is 1.11. The van der Waals surface area contributed by atoms with Gasteiger partial charge in [-0.05, 0) is 6.92 Å². The van der Waals surface area contributed by atoms with Gasteiger partial charge in [0, 0.05) is 7.05 Å². The maximum Gasteiger partial charge on any atom is 0.357 e. The number of hydrogen-bond donors (Lipinski definition) is 1. The van der Waals surface area contributed by atoms with Crippen LogP contribution in [0.4, 0.5) is 0 Å². The van der Waals surface area contributed by atoms with E-state index in [1.807, 2.05) is 0 Å². The normalized spacial score (nSPS) is 10.0. The molecule has 0 aliphatic carbocycles. The molecule has 0 aromatic carbocycles. The van der Waals surface area contributed by atoms with Crippen LogP contribution in [0.1, 0.15) is 16.2 Å². The topological polar surface area (TPSA) is 44.1 Å². The maximum absolute atomic E-state index is 11.1. The average molecular weight is 186 g/mol. The molecule has 0 N–H and O–H groups in total. The molecule has 0 unspecified atom stereocenters. The van der Waals surface area contributed by atoms with Crippen molar-refractivity contribution < 1.29 is 9.53 Å². The molecule has 0 atom stereocenters. The van der Waals surface area contributed by atoms with Crippen LogP contribution in [0.3, 0.4) is 0 Å². The summed E-state index contributed by atoms with van der Waals surface area (Å²) >= 11 is 4.14. The Morgan fingerprint density at radius 2 is 2.25 bits per heavy atom. The van der Waals surface area contributed by atoms with Gasteiger partial charge in [-0.15, -0.1) is 12.6 Å². The van der Waals surface area contributed by atoms with Gasteiger partial charge in [0.25, 0.3) is 0 Å². The lowest BCUT2D eigenvalue weighted by molar-refractivity contribution is 0.0584. The van der Waals surface area contributed by atoms with Crippen LogP contribution in [0.25, 0.3) is 0 Å². The van der Waals surface area contributed by atoms with E-state index >= 15 is 0 Å². The zero-order valence-corrected chi connectivity index (χ0v) is 8.05. The highest BCUT2D eigenvalue weighted by Gasteiger charge is 2.17. The predicted molar refractivity (Wildman–Crippen MR) is 46.5 cm³/mol. The van der Waals surface area contributed by atoms with Crippen molar-refractivity contribution in [2.75, 3.05) is 7.11 Å². The van der Waals surface area contributed by atoms with Crippen LogP contribution < -0.4 is 0 Å². The molecule has 0 bridgehead atoms. The second kappa shape index (κ2) is 3.18. The molecule has 0 fully saturated rings. The number of nitrogens with zero attached hydrogens (tertiary/aromatic N) is 2. The minimum Gasteiger partial charge on any atom is -0.464 e. The van der Waals surface area contributed by atoms with Crippen molar-refractivity contribution in [2.24, 2.45) is 7.05 Å². The lowest BCUT2D eigenvalue weighted by Gasteiger charge is -1.99. The smallest absolute Gasteiger partial charge is 0.357 e. The van der Waals surface area contributed by atoms with Crippen molar-refractivity contribution in [2.45, 2.75) is 11.8 Å². The van der Waals surface area contributed by atoms with Crippen molar-refractivity contribution in [3.8, 4) is 0 Å². The fraction of sp³-hybridized carbons (Fsp3) is 0.429. The Bertz CT molecular complexity index is 319. The molecule has 0 aliphatic heterocycles. The molecule has 0 spiro atoms. The number of hydrogen-bond acceptors (Lipinski definition) is 4. The molecule has 66 valence electrons. The fourth-order valence-corrected chi connectivity index (χ4v) is 1.25. The van der Waals surface area contributed by atoms with Crippen molar-refractivity contribution in [3.63, 3.8) is 0 Å². The molecule has 1 aromatic heterocycles. The summed E-state index contributed by atoms with van der Waals surface area (Å²) < 4.78 is 6.02. The summed E-state index contributed by atoms with van der Waals surface area (Å²) in [5.74, 6) is -0.414. The van der Waals surface area contributed by atoms with Crippen LogP contribution >= 0.6 is 12.6 Å². The molecule has 1 heterocycles. The molecule has 1 rings (SSSR count). The van der Waals surface area contributed by atoms with Gasteiger partial charge in [0.1, 0.15) is 0 Å². The lowest BCUT2D eigenvalue weighted by atomic mass is 10.4. The molecule has 1 aromatic rings. The Kier molecular flexibility index (Phi) is 2.42. The molecule has 0 radical (unpaired) electrons. The van der Waals surface area contributed by atoms with E-state index in [9.17, 15) is 4.79 Å². The monoisotopic (exact) mass is 186 g/mol. The first-order valence-corrected chi connectivity index (χ1v) is 3.83. The zero-order valence-electron chi connectivity index (χ0n) is 7.16. The van der Waals surface area contributed by atoms with Crippen LogP contribution in [0, 0.1) is 6.92 Å². The summed E-state index contributed by atoms with van der Waals surface area (Å²) in [6.07, 6.45) is 0. The lowest BCUT2D eigenvalue weighted by Crippen LogP contribution is -2.08. The van der Waals surface area contributed by atoms with Crippen LogP contribution in [-0.4, -0.2) is 22.9 Å². The minimum atomic E-state index is -0.414. The third-order valence-electron chi connectivity index (χ3n) is 1.57. The summed E-state index contributed by atoms with van der Waals surface area (Å²) in [6, 6.07) is 0. The van der Waals surface area contributed by atoms with Gasteiger partial charge in [0.15, 0.2) is 5.69 Å². The molecular weight excluding hydrogens is 176 g/mol. The summed E-state index contributed by atoms with van der Waals surface area (Å²) in [4.78, 5) is 11.7. The van der Waals surface area contributed by atoms with Crippen LogP contribution in [-0.2, 0) is 11.8 Å². The fourth-order valence-electron chi connectivity index (χ4n) is 0.972. The van der Waals surface area contributed by atoms with Gasteiger partial charge < -0.3 is 4.74 Å². The molecule has 12 heavy (non-hydrogen) atoms. The number of aryl methyl sites for hydroxylation is 2. The Labute approximate surface area is 75.9 Å². The summed E-state index contributed by atoms with van der Waals surface area (Å²) in [7, 11) is 3.01. The van der Waals surface area contributed by atoms with Gasteiger partial charge in [-0.1, -0.05) is 0 Å². The largest absolute Gasteiger partial charge is 0.464 e. The molecule has 0 aliphatic rings. The van der Waals surface area contributed by atoms with E-state index in [-0.39, 0.29) is 0 Å². The van der Waals surface area contributed by atoms with E-state index < -0.39 is 5.97 Å². The van der Waals surface area contributed by atoms with Crippen LogP contribution in [0.2, 0.25) is 0 Å². The Balaban J connectivity index is 3.22. The van der Waals surface area contributed by atoms with Gasteiger partial charge in [0.2, 0.25) is 0 Å². The standard InChI is InChI=1S/C7H10N2O2S/c1-4-6(12)5(7(10)11-3)9(2)8-4/h12H,1-3H3. The number of aromatic nitrogens is 2. The number of carbonyl (C=O) groups excluding carboxylic acids is 1. The molecule has 5 heteroatoms. The van der Waals surface area contributed by atoms with Crippen molar-refractivity contribution in [3.05, 3.63) is 11.4 Å². The van der Waals surface area contributed by atoms with Crippen molar-refractivity contribution in [1.82, 2.24) is 9.78 Å². The number of esters is 1. The number of methoxy groups -OCH3 is 1. The Morgan fingerprint density at radius 1 is 1.67 bits per heavy atom. The van der Waals surface area contributed by atoms with Gasteiger partial charge >= 0.3 is 5.97 Å². The maximum atomic E-state index is 11.1. The van der Waals surface area contributed by atoms with Crippen LogP contribution in [0.5, 0.6) is 0 Å². The second-order valence-corrected chi connectivity index (χ2v) is 2.85. The summed E-state index contributed by atoms with van der Waals surface area (Å²) in [6.45, 7) is 1.79. The Hall–Kier alpha value is -0.970.